The zero-order valence-electron chi connectivity index (χ0n) is 7.71. The Morgan fingerprint density at radius 1 is 1.58 bits per heavy atom. The quantitative estimate of drug-likeness (QED) is 0.596. The second-order valence-corrected chi connectivity index (χ2v) is 3.46. The van der Waals surface area contributed by atoms with Gasteiger partial charge in [-0.1, -0.05) is 13.8 Å². The Labute approximate surface area is 72.1 Å². The molecule has 4 atom stereocenters. The largest absolute Gasteiger partial charge is 0.371 e. The van der Waals surface area contributed by atoms with Gasteiger partial charge in [0.2, 0.25) is 0 Å². The van der Waals surface area contributed by atoms with Crippen LogP contribution in [0.4, 0.5) is 4.39 Å². The molecule has 70 valence electrons. The lowest BCUT2D eigenvalue weighted by Gasteiger charge is -2.20. The number of carbonyl (C=O) groups excluding carboxylic acids is 1. The van der Waals surface area contributed by atoms with Crippen molar-refractivity contribution in [2.24, 2.45) is 5.92 Å². The van der Waals surface area contributed by atoms with Gasteiger partial charge in [0, 0.05) is 5.92 Å². The van der Waals surface area contributed by atoms with Gasteiger partial charge in [-0.2, -0.15) is 0 Å². The van der Waals surface area contributed by atoms with Crippen molar-refractivity contribution in [2.75, 3.05) is 0 Å². The summed E-state index contributed by atoms with van der Waals surface area (Å²) in [4.78, 5) is 10.6. The lowest BCUT2D eigenvalue weighted by molar-refractivity contribution is -0.122. The first-order chi connectivity index (χ1) is 5.56. The first kappa shape index (κ1) is 9.65. The van der Waals surface area contributed by atoms with Gasteiger partial charge in [0.25, 0.3) is 0 Å². The minimum atomic E-state index is -1.78. The fraction of sp³-hybridized carbons (Fsp3) is 0.889. The molecule has 1 fully saturated rings. The summed E-state index contributed by atoms with van der Waals surface area (Å²) >= 11 is 0. The first-order valence-electron chi connectivity index (χ1n) is 4.37. The number of aldehydes is 1. The highest BCUT2D eigenvalue weighted by molar-refractivity contribution is 5.65. The van der Waals surface area contributed by atoms with Gasteiger partial charge in [-0.15, -0.1) is 0 Å². The molecular formula is C9H15FO2. The highest BCUT2D eigenvalue weighted by Crippen LogP contribution is 2.38. The molecule has 1 aliphatic heterocycles. The molecule has 1 unspecified atom stereocenters. The molecular weight excluding hydrogens is 159 g/mol. The zero-order chi connectivity index (χ0) is 9.35. The van der Waals surface area contributed by atoms with E-state index in [1.807, 2.05) is 6.92 Å². The number of alkyl halides is 1. The fourth-order valence-electron chi connectivity index (χ4n) is 1.79. The Kier molecular flexibility index (Phi) is 2.52. The standard InChI is InChI=1S/C9H15FO2/c1-4-8-6(2)9(10,5-11)7(3)12-8/h5-8H,4H2,1-3H3/t6?,7-,8+,9+/m0/s1. The van der Waals surface area contributed by atoms with Gasteiger partial charge in [-0.3, -0.25) is 4.79 Å². The van der Waals surface area contributed by atoms with E-state index >= 15 is 0 Å². The molecule has 1 heterocycles. The molecule has 0 aromatic heterocycles. The van der Waals surface area contributed by atoms with Crippen LogP contribution in [-0.2, 0) is 9.53 Å². The Balaban J connectivity index is 2.83. The predicted octanol–water partition coefficient (Wildman–Crippen LogP) is 1.73. The maximum Gasteiger partial charge on any atom is 0.196 e. The van der Waals surface area contributed by atoms with Gasteiger partial charge in [-0.05, 0) is 13.3 Å². The summed E-state index contributed by atoms with van der Waals surface area (Å²) in [5.74, 6) is -0.324. The van der Waals surface area contributed by atoms with Crippen LogP contribution < -0.4 is 0 Å². The number of rotatable bonds is 2. The Hall–Kier alpha value is -0.440. The molecule has 0 aromatic rings. The summed E-state index contributed by atoms with van der Waals surface area (Å²) in [7, 11) is 0. The summed E-state index contributed by atoms with van der Waals surface area (Å²) < 4.78 is 19.1. The van der Waals surface area contributed by atoms with E-state index in [9.17, 15) is 9.18 Å². The SMILES string of the molecule is CC[C@H]1O[C@@H](C)[C@@](F)(C=O)C1C. The molecule has 0 aromatic carbocycles. The minimum Gasteiger partial charge on any atom is -0.371 e. The van der Waals surface area contributed by atoms with Crippen LogP contribution in [-0.4, -0.2) is 24.2 Å². The highest BCUT2D eigenvalue weighted by Gasteiger charge is 2.52. The number of carbonyl (C=O) groups is 1. The van der Waals surface area contributed by atoms with Crippen molar-refractivity contribution in [1.82, 2.24) is 0 Å². The van der Waals surface area contributed by atoms with Crippen LogP contribution in [0, 0.1) is 5.92 Å². The average Bonchev–Trinajstić information content (AvgIpc) is 2.30. The molecule has 1 saturated heterocycles. The maximum atomic E-state index is 13.8. The van der Waals surface area contributed by atoms with Crippen molar-refractivity contribution < 1.29 is 13.9 Å². The Morgan fingerprint density at radius 3 is 2.42 bits per heavy atom. The third-order valence-corrected chi connectivity index (χ3v) is 2.84. The third kappa shape index (κ3) is 1.16. The molecule has 0 bridgehead atoms. The molecule has 3 heteroatoms. The molecule has 0 aliphatic carbocycles. The van der Waals surface area contributed by atoms with Crippen LogP contribution in [0.1, 0.15) is 27.2 Å². The highest BCUT2D eigenvalue weighted by atomic mass is 19.1. The fourth-order valence-corrected chi connectivity index (χ4v) is 1.79. The smallest absolute Gasteiger partial charge is 0.196 e. The minimum absolute atomic E-state index is 0.116. The molecule has 1 rings (SSSR count). The Morgan fingerprint density at radius 2 is 2.17 bits per heavy atom. The lowest BCUT2D eigenvalue weighted by Crippen LogP contribution is -2.38. The van der Waals surface area contributed by atoms with Gasteiger partial charge in [0.15, 0.2) is 12.0 Å². The van der Waals surface area contributed by atoms with Crippen molar-refractivity contribution in [3.63, 3.8) is 0 Å². The summed E-state index contributed by atoms with van der Waals surface area (Å²) in [6.45, 7) is 5.27. The molecule has 1 aliphatic rings. The van der Waals surface area contributed by atoms with Crippen LogP contribution in [0.25, 0.3) is 0 Å². The monoisotopic (exact) mass is 174 g/mol. The van der Waals surface area contributed by atoms with Gasteiger partial charge in [0.05, 0.1) is 12.2 Å². The molecule has 12 heavy (non-hydrogen) atoms. The van der Waals surface area contributed by atoms with E-state index < -0.39 is 11.8 Å². The summed E-state index contributed by atoms with van der Waals surface area (Å²) in [5, 5.41) is 0. The molecule has 0 saturated carbocycles. The molecule has 0 amide bonds. The molecule has 0 spiro atoms. The van der Waals surface area contributed by atoms with E-state index in [0.717, 1.165) is 6.42 Å². The van der Waals surface area contributed by atoms with Crippen molar-refractivity contribution in [1.29, 1.82) is 0 Å². The number of hydrogen-bond acceptors (Lipinski definition) is 2. The van der Waals surface area contributed by atoms with Gasteiger partial charge in [0.1, 0.15) is 0 Å². The van der Waals surface area contributed by atoms with Gasteiger partial charge in [-0.25, -0.2) is 4.39 Å². The second-order valence-electron chi connectivity index (χ2n) is 3.46. The summed E-state index contributed by atoms with van der Waals surface area (Å²) in [5.41, 5.74) is -1.78. The van der Waals surface area contributed by atoms with Crippen molar-refractivity contribution >= 4 is 6.29 Å². The summed E-state index contributed by atoms with van der Waals surface area (Å²) in [6.07, 6.45) is 0.424. The zero-order valence-corrected chi connectivity index (χ0v) is 7.71. The topological polar surface area (TPSA) is 26.3 Å². The van der Waals surface area contributed by atoms with Crippen LogP contribution in [0.15, 0.2) is 0 Å². The Bertz CT molecular complexity index is 183. The van der Waals surface area contributed by atoms with E-state index in [4.69, 9.17) is 4.74 Å². The van der Waals surface area contributed by atoms with Gasteiger partial charge >= 0.3 is 0 Å². The summed E-state index contributed by atoms with van der Waals surface area (Å²) in [6, 6.07) is 0. The van der Waals surface area contributed by atoms with Crippen LogP contribution in [0.5, 0.6) is 0 Å². The van der Waals surface area contributed by atoms with Crippen molar-refractivity contribution in [3.05, 3.63) is 0 Å². The van der Waals surface area contributed by atoms with Crippen molar-refractivity contribution in [3.8, 4) is 0 Å². The third-order valence-electron chi connectivity index (χ3n) is 2.84. The van der Waals surface area contributed by atoms with E-state index in [2.05, 4.69) is 0 Å². The number of halogens is 1. The first-order valence-corrected chi connectivity index (χ1v) is 4.37. The maximum absolute atomic E-state index is 13.8. The van der Waals surface area contributed by atoms with Crippen LogP contribution >= 0.6 is 0 Å². The molecule has 2 nitrogen and oxygen atoms in total. The van der Waals surface area contributed by atoms with Gasteiger partial charge < -0.3 is 4.74 Å². The molecule has 0 radical (unpaired) electrons. The lowest BCUT2D eigenvalue weighted by atomic mass is 9.86. The van der Waals surface area contributed by atoms with E-state index in [0.29, 0.717) is 6.29 Å². The van der Waals surface area contributed by atoms with E-state index in [1.165, 1.54) is 0 Å². The molecule has 0 N–H and O–H groups in total. The van der Waals surface area contributed by atoms with Crippen molar-refractivity contribution in [2.45, 2.75) is 45.1 Å². The number of hydrogen-bond donors (Lipinski definition) is 0. The normalized spacial score (nSPS) is 47.8. The second kappa shape index (κ2) is 3.13. The van der Waals surface area contributed by atoms with E-state index in [1.54, 1.807) is 13.8 Å². The van der Waals surface area contributed by atoms with E-state index in [-0.39, 0.29) is 12.0 Å². The number of ether oxygens (including phenoxy) is 1. The predicted molar refractivity (Wildman–Crippen MR) is 43.7 cm³/mol. The van der Waals surface area contributed by atoms with Crippen LogP contribution in [0.3, 0.4) is 0 Å². The average molecular weight is 174 g/mol. The van der Waals surface area contributed by atoms with Crippen LogP contribution in [0.2, 0.25) is 0 Å².